The lowest BCUT2D eigenvalue weighted by molar-refractivity contribution is 0.0158. The molecule has 0 heterocycles. The first-order chi connectivity index (χ1) is 15.3. The molecule has 0 aliphatic heterocycles. The summed E-state index contributed by atoms with van der Waals surface area (Å²) in [7, 11) is 0. The third-order valence-corrected chi connectivity index (χ3v) is 5.45. The molecular weight excluding hydrogens is 384 g/mol. The van der Waals surface area contributed by atoms with Gasteiger partial charge in [0.15, 0.2) is 0 Å². The summed E-state index contributed by atoms with van der Waals surface area (Å²) < 4.78 is 12.3. The smallest absolute Gasteiger partial charge is 0.127 e. The van der Waals surface area contributed by atoms with E-state index >= 15 is 0 Å². The third kappa shape index (κ3) is 5.72. The summed E-state index contributed by atoms with van der Waals surface area (Å²) in [4.78, 5) is 0. The fourth-order valence-electron chi connectivity index (χ4n) is 3.78. The highest BCUT2D eigenvalue weighted by molar-refractivity contribution is 5.88. The highest BCUT2D eigenvalue weighted by Crippen LogP contribution is 2.27. The first-order valence-electron chi connectivity index (χ1n) is 10.8. The van der Waals surface area contributed by atoms with Gasteiger partial charge < -0.3 is 14.6 Å². The fraction of sp³-hybridized carbons (Fsp3) is 0.214. The van der Waals surface area contributed by atoms with Crippen LogP contribution >= 0.6 is 0 Å². The molecule has 0 aliphatic rings. The SMILES string of the molecule is OC(CCOC(CCOc1cccc2ccccc12)c1ccccc1)c1ccccc1. The van der Waals surface area contributed by atoms with Crippen LogP contribution in [0.3, 0.4) is 0 Å². The van der Waals surface area contributed by atoms with Crippen LogP contribution in [0.25, 0.3) is 10.8 Å². The van der Waals surface area contributed by atoms with Gasteiger partial charge >= 0.3 is 0 Å². The van der Waals surface area contributed by atoms with Crippen LogP contribution in [0.15, 0.2) is 103 Å². The first-order valence-corrected chi connectivity index (χ1v) is 10.8. The summed E-state index contributed by atoms with van der Waals surface area (Å²) in [6.45, 7) is 1.03. The van der Waals surface area contributed by atoms with Crippen molar-refractivity contribution < 1.29 is 14.6 Å². The molecule has 2 atom stereocenters. The summed E-state index contributed by atoms with van der Waals surface area (Å²) >= 11 is 0. The molecule has 3 heteroatoms. The Balaban J connectivity index is 1.36. The Hall–Kier alpha value is -3.14. The average molecular weight is 413 g/mol. The first kappa shape index (κ1) is 21.1. The number of fused-ring (bicyclic) bond motifs is 1. The molecule has 0 aromatic heterocycles. The molecule has 3 nitrogen and oxygen atoms in total. The van der Waals surface area contributed by atoms with Crippen molar-refractivity contribution in [2.45, 2.75) is 25.0 Å². The Morgan fingerprint density at radius 2 is 1.26 bits per heavy atom. The molecule has 4 rings (SSSR count). The Morgan fingerprint density at radius 1 is 0.613 bits per heavy atom. The van der Waals surface area contributed by atoms with Gasteiger partial charge in [-0.2, -0.15) is 0 Å². The second kappa shape index (κ2) is 10.8. The van der Waals surface area contributed by atoms with Crippen molar-refractivity contribution in [3.63, 3.8) is 0 Å². The van der Waals surface area contributed by atoms with E-state index in [0.717, 1.165) is 28.7 Å². The van der Waals surface area contributed by atoms with Crippen molar-refractivity contribution in [1.82, 2.24) is 0 Å². The number of hydrogen-bond acceptors (Lipinski definition) is 3. The molecule has 0 amide bonds. The second-order valence-corrected chi connectivity index (χ2v) is 7.60. The van der Waals surface area contributed by atoms with Crippen molar-refractivity contribution in [3.8, 4) is 5.75 Å². The van der Waals surface area contributed by atoms with Crippen LogP contribution in [-0.4, -0.2) is 18.3 Å². The van der Waals surface area contributed by atoms with Crippen LogP contribution in [0, 0.1) is 0 Å². The van der Waals surface area contributed by atoms with Gasteiger partial charge in [-0.1, -0.05) is 97.1 Å². The molecule has 0 spiro atoms. The summed E-state index contributed by atoms with van der Waals surface area (Å²) in [6, 6.07) is 34.3. The minimum absolute atomic E-state index is 0.0841. The summed E-state index contributed by atoms with van der Waals surface area (Å²) in [5, 5.41) is 12.7. The molecule has 0 saturated carbocycles. The number of rotatable bonds is 10. The van der Waals surface area contributed by atoms with E-state index < -0.39 is 6.10 Å². The van der Waals surface area contributed by atoms with Gasteiger partial charge in [0, 0.05) is 18.2 Å². The van der Waals surface area contributed by atoms with Crippen LogP contribution in [0.5, 0.6) is 5.75 Å². The Kier molecular flexibility index (Phi) is 7.32. The molecular formula is C28H28O3. The molecule has 0 saturated heterocycles. The number of aliphatic hydroxyl groups is 1. The third-order valence-electron chi connectivity index (χ3n) is 5.45. The standard InChI is InChI=1S/C28H28O3/c29-26(23-11-3-1-4-12-23)18-20-30-27(24-13-5-2-6-14-24)19-21-31-28-17-9-15-22-10-7-8-16-25(22)28/h1-17,26-27,29H,18-21H2. The fourth-order valence-corrected chi connectivity index (χ4v) is 3.78. The number of benzene rings is 4. The molecule has 1 N–H and O–H groups in total. The molecule has 158 valence electrons. The molecule has 0 aliphatic carbocycles. The van der Waals surface area contributed by atoms with Gasteiger partial charge in [-0.05, 0) is 22.6 Å². The monoisotopic (exact) mass is 412 g/mol. The largest absolute Gasteiger partial charge is 0.493 e. The zero-order valence-electron chi connectivity index (χ0n) is 17.6. The van der Waals surface area contributed by atoms with Gasteiger partial charge in [0.25, 0.3) is 0 Å². The quantitative estimate of drug-likeness (QED) is 0.323. The van der Waals surface area contributed by atoms with E-state index in [2.05, 4.69) is 30.3 Å². The van der Waals surface area contributed by atoms with Gasteiger partial charge in [-0.15, -0.1) is 0 Å². The number of ether oxygens (including phenoxy) is 2. The van der Waals surface area contributed by atoms with Gasteiger partial charge in [0.1, 0.15) is 5.75 Å². The lowest BCUT2D eigenvalue weighted by Gasteiger charge is -2.20. The van der Waals surface area contributed by atoms with E-state index in [-0.39, 0.29) is 6.10 Å². The minimum Gasteiger partial charge on any atom is -0.493 e. The van der Waals surface area contributed by atoms with Crippen LogP contribution in [-0.2, 0) is 4.74 Å². The normalized spacial score (nSPS) is 13.1. The number of hydrogen-bond donors (Lipinski definition) is 1. The number of aliphatic hydroxyl groups excluding tert-OH is 1. The highest BCUT2D eigenvalue weighted by atomic mass is 16.5. The Bertz CT molecular complexity index is 1060. The maximum absolute atomic E-state index is 10.4. The van der Waals surface area contributed by atoms with Crippen molar-refractivity contribution in [1.29, 1.82) is 0 Å². The van der Waals surface area contributed by atoms with Crippen LogP contribution < -0.4 is 4.74 Å². The molecule has 0 radical (unpaired) electrons. The van der Waals surface area contributed by atoms with E-state index in [1.165, 1.54) is 5.39 Å². The zero-order valence-corrected chi connectivity index (χ0v) is 17.6. The zero-order chi connectivity index (χ0) is 21.3. The summed E-state index contributed by atoms with van der Waals surface area (Å²) in [5.41, 5.74) is 2.04. The molecule has 4 aromatic rings. The lowest BCUT2D eigenvalue weighted by atomic mass is 10.1. The molecule has 4 aromatic carbocycles. The summed E-state index contributed by atoms with van der Waals surface area (Å²) in [5.74, 6) is 0.893. The predicted octanol–water partition coefficient (Wildman–Crippen LogP) is 6.49. The maximum Gasteiger partial charge on any atom is 0.127 e. The summed E-state index contributed by atoms with van der Waals surface area (Å²) in [6.07, 6.45) is 0.676. The minimum atomic E-state index is -0.524. The Labute approximate surface area is 183 Å². The second-order valence-electron chi connectivity index (χ2n) is 7.60. The predicted molar refractivity (Wildman–Crippen MR) is 125 cm³/mol. The van der Waals surface area contributed by atoms with E-state index in [1.807, 2.05) is 72.8 Å². The van der Waals surface area contributed by atoms with Crippen LogP contribution in [0.2, 0.25) is 0 Å². The molecule has 0 bridgehead atoms. The van der Waals surface area contributed by atoms with Crippen LogP contribution in [0.1, 0.15) is 36.2 Å². The van der Waals surface area contributed by atoms with Crippen molar-refractivity contribution in [2.24, 2.45) is 0 Å². The van der Waals surface area contributed by atoms with Crippen molar-refractivity contribution >= 4 is 10.8 Å². The topological polar surface area (TPSA) is 38.7 Å². The van der Waals surface area contributed by atoms with Crippen molar-refractivity contribution in [2.75, 3.05) is 13.2 Å². The van der Waals surface area contributed by atoms with E-state index in [9.17, 15) is 5.11 Å². The molecule has 31 heavy (non-hydrogen) atoms. The van der Waals surface area contributed by atoms with E-state index in [4.69, 9.17) is 9.47 Å². The van der Waals surface area contributed by atoms with Crippen molar-refractivity contribution in [3.05, 3.63) is 114 Å². The van der Waals surface area contributed by atoms with Crippen LogP contribution in [0.4, 0.5) is 0 Å². The van der Waals surface area contributed by atoms with Gasteiger partial charge in [-0.25, -0.2) is 0 Å². The van der Waals surface area contributed by atoms with Gasteiger partial charge in [-0.3, -0.25) is 0 Å². The van der Waals surface area contributed by atoms with Gasteiger partial charge in [0.05, 0.1) is 25.4 Å². The average Bonchev–Trinajstić information content (AvgIpc) is 2.84. The Morgan fingerprint density at radius 3 is 2.03 bits per heavy atom. The van der Waals surface area contributed by atoms with E-state index in [0.29, 0.717) is 19.6 Å². The maximum atomic E-state index is 10.4. The highest BCUT2D eigenvalue weighted by Gasteiger charge is 2.14. The lowest BCUT2D eigenvalue weighted by Crippen LogP contribution is -2.12. The molecule has 2 unspecified atom stereocenters. The van der Waals surface area contributed by atoms with Gasteiger partial charge in [0.2, 0.25) is 0 Å². The van der Waals surface area contributed by atoms with E-state index in [1.54, 1.807) is 0 Å². The molecule has 0 fully saturated rings.